The normalized spacial score (nSPS) is 17.5. The third-order valence-electron chi connectivity index (χ3n) is 9.35. The Bertz CT molecular complexity index is 1780. The predicted molar refractivity (Wildman–Crippen MR) is 221 cm³/mol. The van der Waals surface area contributed by atoms with E-state index in [-0.39, 0.29) is 43.3 Å². The molecule has 0 bridgehead atoms. The number of nitrogens with zero attached hydrogens (tertiary/aromatic N) is 1. The molecule has 0 spiro atoms. The third-order valence-corrected chi connectivity index (χ3v) is 9.63. The van der Waals surface area contributed by atoms with Crippen LogP contribution in [0.5, 0.6) is 5.75 Å². The van der Waals surface area contributed by atoms with Gasteiger partial charge in [-0.05, 0) is 56.7 Å². The van der Waals surface area contributed by atoms with Gasteiger partial charge < -0.3 is 74.3 Å². The van der Waals surface area contributed by atoms with Crippen molar-refractivity contribution in [2.24, 2.45) is 22.2 Å². The van der Waals surface area contributed by atoms with Crippen LogP contribution in [-0.4, -0.2) is 147 Å². The minimum absolute atomic E-state index is 0.00680. The number of phenols is 1. The number of carboxylic acid groups (broad SMARTS) is 2. The summed E-state index contributed by atoms with van der Waals surface area (Å²) in [6, 6.07) is -4.63. The second-order valence-electron chi connectivity index (χ2n) is 14.4. The van der Waals surface area contributed by atoms with Crippen molar-refractivity contribution < 1.29 is 68.3 Å². The van der Waals surface area contributed by atoms with E-state index in [1.807, 2.05) is 0 Å². The van der Waals surface area contributed by atoms with E-state index in [4.69, 9.17) is 27.0 Å². The quantitative estimate of drug-likeness (QED) is 0.0145. The average molecular weight is 897 g/mol. The zero-order valence-corrected chi connectivity index (χ0v) is 34.8. The fraction of sp³-hybridized carbons (Fsp3) is 0.568. The number of aromatic hydroxyl groups is 1. The molecule has 1 aliphatic carbocycles. The molecule has 0 aromatic heterocycles. The number of nitrogens with one attached hydrogen (secondary N) is 6. The third kappa shape index (κ3) is 18.6. The number of carbonyl (C=O) groups excluding carboxylic acids is 7. The van der Waals surface area contributed by atoms with E-state index in [9.17, 15) is 58.5 Å². The molecule has 1 aromatic rings. The first-order chi connectivity index (χ1) is 29.2. The van der Waals surface area contributed by atoms with Crippen molar-refractivity contribution in [3.05, 3.63) is 29.8 Å². The molecule has 24 nitrogen and oxygen atoms in total. The van der Waals surface area contributed by atoms with Crippen LogP contribution in [0.4, 0.5) is 0 Å². The molecule has 1 aliphatic rings. The monoisotopic (exact) mass is 896 g/mol. The Morgan fingerprint density at radius 3 is 1.98 bits per heavy atom. The molecule has 0 radical (unpaired) electrons. The molecule has 0 unspecified atom stereocenters. The van der Waals surface area contributed by atoms with Gasteiger partial charge in [0.25, 0.3) is 0 Å². The van der Waals surface area contributed by atoms with E-state index in [1.54, 1.807) is 0 Å². The lowest BCUT2D eigenvalue weighted by Crippen LogP contribution is -2.59. The number of ether oxygens (including phenoxy) is 1. The van der Waals surface area contributed by atoms with Crippen molar-refractivity contribution in [1.29, 1.82) is 0 Å². The van der Waals surface area contributed by atoms with Gasteiger partial charge in [-0.1, -0.05) is 18.6 Å². The summed E-state index contributed by atoms with van der Waals surface area (Å²) >= 11 is 3.95. The molecule has 62 heavy (non-hydrogen) atoms. The standard InChI is InChI=1S/C37H56N10O14S/c1-18(42-34(57)25(45-32(55)21(38)14-29(51)52)15-30(53)61-27-7-3-2-5-22(27)43-28(50)17-62)31(54)44-23(6-4-12-41-37(39)40)33(56)46-24(13-19-8-10-20(49)11-9-19)35(58)47-26(16-48)36(59)60/h8-11,18,21-27,48-49,62H,2-7,12-17,38H2,1H3,(H,42,57)(H,43,50)(H,44,54)(H,45,55)(H,46,56)(H,47,58)(H,51,52)(H,59,60)(H4,39,40,41)/t18-,21-,22+,23-,24-,25-,26-,27+/m0/s1. The smallest absolute Gasteiger partial charge is 0.328 e. The van der Waals surface area contributed by atoms with Gasteiger partial charge in [-0.25, -0.2) is 4.79 Å². The molecule has 344 valence electrons. The summed E-state index contributed by atoms with van der Waals surface area (Å²) in [4.78, 5) is 119. The highest BCUT2D eigenvalue weighted by Crippen LogP contribution is 2.22. The van der Waals surface area contributed by atoms with Crippen LogP contribution in [-0.2, 0) is 54.3 Å². The van der Waals surface area contributed by atoms with Crippen molar-refractivity contribution in [2.75, 3.05) is 18.9 Å². The molecular formula is C37H56N10O14S. The first kappa shape index (κ1) is 51.9. The van der Waals surface area contributed by atoms with Gasteiger partial charge in [0.05, 0.1) is 37.3 Å². The number of guanidine groups is 1. The molecular weight excluding hydrogens is 841 g/mol. The molecule has 2 rings (SSSR count). The number of aliphatic carboxylic acids is 2. The highest BCUT2D eigenvalue weighted by atomic mass is 32.1. The van der Waals surface area contributed by atoms with E-state index >= 15 is 0 Å². The maximum atomic E-state index is 13.8. The summed E-state index contributed by atoms with van der Waals surface area (Å²) in [6.07, 6.45) is -0.465. The summed E-state index contributed by atoms with van der Waals surface area (Å²) in [5.41, 5.74) is 16.9. The fourth-order valence-electron chi connectivity index (χ4n) is 6.06. The van der Waals surface area contributed by atoms with Gasteiger partial charge >= 0.3 is 17.9 Å². The lowest BCUT2D eigenvalue weighted by atomic mass is 9.92. The molecule has 16 N–H and O–H groups in total. The Morgan fingerprint density at radius 1 is 0.806 bits per heavy atom. The number of thiol groups is 1. The number of hydrogen-bond donors (Lipinski definition) is 14. The molecule has 0 heterocycles. The largest absolute Gasteiger partial charge is 0.508 e. The molecule has 25 heteroatoms. The summed E-state index contributed by atoms with van der Waals surface area (Å²) in [5.74, 6) is -10.0. The summed E-state index contributed by atoms with van der Waals surface area (Å²) in [5, 5.41) is 52.0. The number of esters is 1. The number of aliphatic hydroxyl groups is 1. The molecule has 6 amide bonds. The first-order valence-corrected chi connectivity index (χ1v) is 20.1. The topological polar surface area (TPSA) is 406 Å². The number of phenolic OH excluding ortho intramolecular Hbond substituents is 1. The van der Waals surface area contributed by atoms with Crippen molar-refractivity contribution in [2.45, 2.75) is 113 Å². The van der Waals surface area contributed by atoms with Crippen LogP contribution in [0.3, 0.4) is 0 Å². The summed E-state index contributed by atoms with van der Waals surface area (Å²) in [6.45, 7) is 0.215. The number of carboxylic acids is 2. The second kappa shape index (κ2) is 26.2. The van der Waals surface area contributed by atoms with Crippen LogP contribution < -0.4 is 49.1 Å². The first-order valence-electron chi connectivity index (χ1n) is 19.5. The van der Waals surface area contributed by atoms with E-state index in [1.165, 1.54) is 31.2 Å². The fourth-order valence-corrected chi connectivity index (χ4v) is 6.15. The number of benzene rings is 1. The van der Waals surface area contributed by atoms with Crippen LogP contribution in [0.2, 0.25) is 0 Å². The molecule has 1 aromatic carbocycles. The number of aliphatic imine (C=N–C) groups is 1. The predicted octanol–water partition coefficient (Wildman–Crippen LogP) is -4.40. The molecule has 1 saturated carbocycles. The number of amides is 6. The number of carbonyl (C=O) groups is 9. The van der Waals surface area contributed by atoms with Crippen LogP contribution in [0.1, 0.15) is 63.9 Å². The number of nitrogens with two attached hydrogens (primary N) is 3. The van der Waals surface area contributed by atoms with E-state index in [2.05, 4.69) is 49.5 Å². The maximum absolute atomic E-state index is 13.8. The minimum Gasteiger partial charge on any atom is -0.508 e. The van der Waals surface area contributed by atoms with E-state index in [0.29, 0.717) is 24.8 Å². The highest BCUT2D eigenvalue weighted by molar-refractivity contribution is 7.81. The van der Waals surface area contributed by atoms with Crippen molar-refractivity contribution in [3.8, 4) is 5.75 Å². The average Bonchev–Trinajstić information content (AvgIpc) is 3.21. The van der Waals surface area contributed by atoms with Gasteiger partial charge in [-0.3, -0.25) is 43.3 Å². The summed E-state index contributed by atoms with van der Waals surface area (Å²) in [7, 11) is 0. The van der Waals surface area contributed by atoms with Crippen LogP contribution in [0.25, 0.3) is 0 Å². The van der Waals surface area contributed by atoms with Crippen LogP contribution in [0, 0.1) is 0 Å². The molecule has 0 aliphatic heterocycles. The van der Waals surface area contributed by atoms with Crippen LogP contribution in [0.15, 0.2) is 29.3 Å². The number of rotatable bonds is 25. The Kier molecular flexibility index (Phi) is 21.9. The Hall–Kier alpha value is -6.21. The second-order valence-corrected chi connectivity index (χ2v) is 14.7. The van der Waals surface area contributed by atoms with Gasteiger partial charge in [-0.2, -0.15) is 12.6 Å². The van der Waals surface area contributed by atoms with Crippen molar-refractivity contribution >= 4 is 71.9 Å². The Labute approximate surface area is 361 Å². The minimum atomic E-state index is -1.76. The zero-order valence-electron chi connectivity index (χ0n) is 33.9. The maximum Gasteiger partial charge on any atom is 0.328 e. The summed E-state index contributed by atoms with van der Waals surface area (Å²) < 4.78 is 5.59. The van der Waals surface area contributed by atoms with Crippen LogP contribution >= 0.6 is 12.6 Å². The molecule has 0 saturated heterocycles. The van der Waals surface area contributed by atoms with E-state index in [0.717, 1.165) is 6.42 Å². The molecule has 8 atom stereocenters. The van der Waals surface area contributed by atoms with Gasteiger partial charge in [0.15, 0.2) is 5.96 Å². The SMILES string of the molecule is C[C@H](NC(=O)[C@H](CC(=O)O[C@@H]1CCCC[C@H]1NC(=O)CS)NC(=O)[C@@H](N)CC(=O)O)C(=O)N[C@@H](CCCN=C(N)N)C(=O)N[C@@H](Cc1ccc(O)cc1)C(=O)N[C@@H](CO)C(=O)O. The van der Waals surface area contributed by atoms with Gasteiger partial charge in [-0.15, -0.1) is 0 Å². The van der Waals surface area contributed by atoms with Gasteiger partial charge in [0.1, 0.15) is 42.1 Å². The highest BCUT2D eigenvalue weighted by Gasteiger charge is 2.35. The van der Waals surface area contributed by atoms with E-state index < -0.39 is 121 Å². The molecule has 1 fully saturated rings. The Morgan fingerprint density at radius 2 is 1.39 bits per heavy atom. The van der Waals surface area contributed by atoms with Gasteiger partial charge in [0, 0.05) is 13.0 Å². The number of hydrogen-bond acceptors (Lipinski definition) is 15. The van der Waals surface area contributed by atoms with Crippen molar-refractivity contribution in [3.63, 3.8) is 0 Å². The number of aliphatic hydroxyl groups excluding tert-OH is 1. The van der Waals surface area contributed by atoms with Crippen molar-refractivity contribution in [1.82, 2.24) is 31.9 Å². The zero-order chi connectivity index (χ0) is 46.5. The lowest BCUT2D eigenvalue weighted by molar-refractivity contribution is -0.155. The lowest BCUT2D eigenvalue weighted by Gasteiger charge is -2.32. The van der Waals surface area contributed by atoms with Gasteiger partial charge in [0.2, 0.25) is 35.4 Å². The Balaban J connectivity index is 2.33.